The topological polar surface area (TPSA) is 105 Å². The van der Waals surface area contributed by atoms with Crippen LogP contribution in [0.3, 0.4) is 0 Å². The number of anilines is 1. The van der Waals surface area contributed by atoms with E-state index in [4.69, 9.17) is 17.0 Å². The average molecular weight is 437 g/mol. The Morgan fingerprint density at radius 3 is 2.65 bits per heavy atom. The van der Waals surface area contributed by atoms with Crippen molar-refractivity contribution in [2.24, 2.45) is 7.05 Å². The maximum atomic E-state index is 13.1. The normalized spacial score (nSPS) is 12.0. The Morgan fingerprint density at radius 2 is 2.00 bits per heavy atom. The number of imidazole rings is 1. The van der Waals surface area contributed by atoms with E-state index in [1.807, 2.05) is 36.6 Å². The summed E-state index contributed by atoms with van der Waals surface area (Å²) in [6.07, 6.45) is 5.23. The van der Waals surface area contributed by atoms with Crippen molar-refractivity contribution < 1.29 is 5.32 Å². The van der Waals surface area contributed by atoms with Gasteiger partial charge in [0.25, 0.3) is 0 Å². The van der Waals surface area contributed by atoms with E-state index in [1.54, 1.807) is 48.7 Å². The lowest BCUT2D eigenvalue weighted by Gasteiger charge is -2.10. The van der Waals surface area contributed by atoms with E-state index in [1.165, 1.54) is 0 Å². The number of hydrogen-bond acceptors (Lipinski definition) is 5. The lowest BCUT2D eigenvalue weighted by Crippen LogP contribution is -2.73. The molecule has 0 atom stereocenters. The first kappa shape index (κ1) is 20.8. The summed E-state index contributed by atoms with van der Waals surface area (Å²) in [4.78, 5) is 22.1. The third-order valence-corrected chi connectivity index (χ3v) is 5.53. The number of nitrogens with zero attached hydrogens (tertiary/aromatic N) is 4. The first-order valence-electron chi connectivity index (χ1n) is 9.76. The summed E-state index contributed by atoms with van der Waals surface area (Å²) < 4.78 is 3.14. The first-order chi connectivity index (χ1) is 14.9. The number of halogens is 1. The molecule has 0 saturated heterocycles. The summed E-state index contributed by atoms with van der Waals surface area (Å²) in [5.74, 6) is 0.610. The molecular formula is C22H23ClN7O+. The largest absolute Gasteiger partial charge is 0.372 e. The molecule has 0 fully saturated rings. The molecule has 0 aliphatic carbocycles. The van der Waals surface area contributed by atoms with Crippen LogP contribution in [0.4, 0.5) is 5.82 Å². The molecule has 3 heterocycles. The summed E-state index contributed by atoms with van der Waals surface area (Å²) in [5.41, 5.74) is 4.52. The van der Waals surface area contributed by atoms with E-state index in [2.05, 4.69) is 15.3 Å². The SMILES string of the molecule is CNc1ncc(-c2ccc3ncc4c(c3c2)n(C(=C[NH2+]C)C(C)=N)c(=O)n4C)cc1Cl. The van der Waals surface area contributed by atoms with E-state index >= 15 is 0 Å². The molecule has 9 heteroatoms. The number of rotatable bonds is 5. The molecule has 0 spiro atoms. The number of benzene rings is 1. The molecule has 3 aromatic heterocycles. The van der Waals surface area contributed by atoms with Gasteiger partial charge >= 0.3 is 5.69 Å². The monoisotopic (exact) mass is 436 g/mol. The van der Waals surface area contributed by atoms with E-state index in [-0.39, 0.29) is 5.69 Å². The molecule has 0 amide bonds. The van der Waals surface area contributed by atoms with Crippen molar-refractivity contribution in [3.05, 3.63) is 58.4 Å². The van der Waals surface area contributed by atoms with Gasteiger partial charge in [0.05, 0.1) is 40.5 Å². The van der Waals surface area contributed by atoms with Gasteiger partial charge in [0.1, 0.15) is 17.7 Å². The van der Waals surface area contributed by atoms with Crippen LogP contribution in [-0.2, 0) is 7.05 Å². The van der Waals surface area contributed by atoms with Crippen LogP contribution in [0, 0.1) is 5.41 Å². The Balaban J connectivity index is 2.07. The zero-order valence-corrected chi connectivity index (χ0v) is 18.4. The summed E-state index contributed by atoms with van der Waals surface area (Å²) in [7, 11) is 5.35. The molecule has 0 radical (unpaired) electrons. The molecule has 0 aliphatic rings. The molecule has 0 bridgehead atoms. The van der Waals surface area contributed by atoms with Crippen LogP contribution in [0.2, 0.25) is 5.02 Å². The molecular weight excluding hydrogens is 414 g/mol. The Bertz CT molecular complexity index is 1430. The second-order valence-electron chi connectivity index (χ2n) is 7.22. The van der Waals surface area contributed by atoms with Crippen LogP contribution < -0.4 is 16.3 Å². The highest BCUT2D eigenvalue weighted by atomic mass is 35.5. The van der Waals surface area contributed by atoms with Crippen LogP contribution in [0.15, 0.2) is 47.7 Å². The zero-order chi connectivity index (χ0) is 22.3. The fraction of sp³-hybridized carbons (Fsp3) is 0.182. The number of pyridine rings is 2. The van der Waals surface area contributed by atoms with Gasteiger partial charge < -0.3 is 16.0 Å². The molecule has 1 aromatic carbocycles. The van der Waals surface area contributed by atoms with Gasteiger partial charge in [-0.2, -0.15) is 0 Å². The van der Waals surface area contributed by atoms with Gasteiger partial charge in [-0.05, 0) is 30.7 Å². The molecule has 4 aromatic rings. The minimum Gasteiger partial charge on any atom is -0.372 e. The highest BCUT2D eigenvalue weighted by Crippen LogP contribution is 2.31. The maximum Gasteiger partial charge on any atom is 0.333 e. The van der Waals surface area contributed by atoms with Crippen LogP contribution in [-0.4, -0.2) is 38.9 Å². The van der Waals surface area contributed by atoms with Crippen LogP contribution >= 0.6 is 11.6 Å². The Kier molecular flexibility index (Phi) is 5.34. The highest BCUT2D eigenvalue weighted by Gasteiger charge is 2.20. The molecule has 0 aliphatic heterocycles. The molecule has 4 rings (SSSR count). The van der Waals surface area contributed by atoms with Crippen molar-refractivity contribution in [3.8, 4) is 11.1 Å². The van der Waals surface area contributed by atoms with Gasteiger partial charge in [-0.25, -0.2) is 9.78 Å². The minimum atomic E-state index is -0.225. The van der Waals surface area contributed by atoms with E-state index in [0.717, 1.165) is 22.0 Å². The first-order valence-corrected chi connectivity index (χ1v) is 10.1. The molecule has 8 nitrogen and oxygen atoms in total. The average Bonchev–Trinajstić information content (AvgIpc) is 3.02. The molecule has 158 valence electrons. The Morgan fingerprint density at radius 1 is 1.23 bits per heavy atom. The van der Waals surface area contributed by atoms with Crippen molar-refractivity contribution >= 4 is 50.8 Å². The van der Waals surface area contributed by atoms with Gasteiger partial charge in [0, 0.05) is 31.2 Å². The second-order valence-corrected chi connectivity index (χ2v) is 7.62. The number of aryl methyl sites for hydroxylation is 1. The number of nitrogens with one attached hydrogen (secondary N) is 2. The van der Waals surface area contributed by atoms with E-state index in [9.17, 15) is 4.79 Å². The Labute approximate surface area is 183 Å². The lowest BCUT2D eigenvalue weighted by molar-refractivity contribution is -0.555. The highest BCUT2D eigenvalue weighted by molar-refractivity contribution is 6.33. The summed E-state index contributed by atoms with van der Waals surface area (Å²) in [6.45, 7) is 1.67. The maximum absolute atomic E-state index is 13.1. The second kappa shape index (κ2) is 7.98. The fourth-order valence-corrected chi connectivity index (χ4v) is 3.97. The third-order valence-electron chi connectivity index (χ3n) is 5.24. The van der Waals surface area contributed by atoms with Crippen LogP contribution in [0.1, 0.15) is 6.92 Å². The van der Waals surface area contributed by atoms with Gasteiger partial charge in [-0.15, -0.1) is 0 Å². The van der Waals surface area contributed by atoms with Crippen molar-refractivity contribution in [2.45, 2.75) is 6.92 Å². The number of allylic oxidation sites excluding steroid dienone is 1. The summed E-state index contributed by atoms with van der Waals surface area (Å²) in [6, 6.07) is 7.71. The van der Waals surface area contributed by atoms with Crippen molar-refractivity contribution in [2.75, 3.05) is 19.4 Å². The quantitative estimate of drug-likeness (QED) is 0.418. The zero-order valence-electron chi connectivity index (χ0n) is 17.7. The minimum absolute atomic E-state index is 0.225. The number of hydrogen-bond donors (Lipinski definition) is 3. The lowest BCUT2D eigenvalue weighted by atomic mass is 10.0. The Hall–Kier alpha value is -3.49. The smallest absolute Gasteiger partial charge is 0.333 e. The standard InChI is InChI=1S/C22H22ClN7O/c1-12(24)18(10-25-2)30-20-15-7-13(14-8-16(23)21(26-3)28-9-14)5-6-17(15)27-11-19(20)29(4)22(30)31/h5-11,24-25H,1-4H3,(H,26,28)/p+1. The van der Waals surface area contributed by atoms with Crippen molar-refractivity contribution in [3.63, 3.8) is 0 Å². The molecule has 0 unspecified atom stereocenters. The predicted octanol–water partition coefficient (Wildman–Crippen LogP) is 2.68. The number of fused-ring (bicyclic) bond motifs is 3. The number of nitrogens with two attached hydrogens (primary N) is 1. The van der Waals surface area contributed by atoms with Gasteiger partial charge in [0.15, 0.2) is 0 Å². The predicted molar refractivity (Wildman–Crippen MR) is 126 cm³/mol. The molecule has 0 saturated carbocycles. The molecule has 4 N–H and O–H groups in total. The summed E-state index contributed by atoms with van der Waals surface area (Å²) >= 11 is 6.33. The number of aromatic nitrogens is 4. The van der Waals surface area contributed by atoms with Gasteiger partial charge in [0.2, 0.25) is 0 Å². The van der Waals surface area contributed by atoms with Gasteiger partial charge in [-0.1, -0.05) is 17.7 Å². The summed E-state index contributed by atoms with van der Waals surface area (Å²) in [5, 5.41) is 14.3. The van der Waals surface area contributed by atoms with Crippen molar-refractivity contribution in [1.29, 1.82) is 5.41 Å². The van der Waals surface area contributed by atoms with Crippen LogP contribution in [0.25, 0.3) is 38.8 Å². The number of quaternary nitrogens is 1. The van der Waals surface area contributed by atoms with Gasteiger partial charge in [-0.3, -0.25) is 14.1 Å². The molecule has 31 heavy (non-hydrogen) atoms. The van der Waals surface area contributed by atoms with E-state index in [0.29, 0.717) is 33.3 Å². The van der Waals surface area contributed by atoms with E-state index < -0.39 is 0 Å². The fourth-order valence-electron chi connectivity index (χ4n) is 3.71. The van der Waals surface area contributed by atoms with Crippen molar-refractivity contribution in [1.82, 2.24) is 19.1 Å². The third kappa shape index (κ3) is 3.39. The van der Waals surface area contributed by atoms with Crippen LogP contribution in [0.5, 0.6) is 0 Å².